The van der Waals surface area contributed by atoms with E-state index in [2.05, 4.69) is 15.7 Å². The van der Waals surface area contributed by atoms with E-state index in [0.29, 0.717) is 17.9 Å². The van der Waals surface area contributed by atoms with E-state index in [0.717, 1.165) is 11.1 Å². The lowest BCUT2D eigenvalue weighted by molar-refractivity contribution is -0.173. The van der Waals surface area contributed by atoms with Crippen LogP contribution in [-0.2, 0) is 0 Å². The molecule has 6 nitrogen and oxygen atoms in total. The Bertz CT molecular complexity index is 819. The van der Waals surface area contributed by atoms with Gasteiger partial charge in [-0.3, -0.25) is 4.79 Å². The zero-order valence-electron chi connectivity index (χ0n) is 15.0. The molecule has 0 radical (unpaired) electrons. The second-order valence-electron chi connectivity index (χ2n) is 6.37. The first-order chi connectivity index (χ1) is 12.8. The van der Waals surface area contributed by atoms with Crippen LogP contribution in [-0.4, -0.2) is 35.5 Å². The number of nitrogens with zero attached hydrogens (tertiary/aromatic N) is 2. The van der Waals surface area contributed by atoms with Gasteiger partial charge < -0.3 is 15.4 Å². The van der Waals surface area contributed by atoms with Crippen LogP contribution < -0.4 is 15.4 Å². The monoisotopic (exact) mass is 382 g/mol. The maximum Gasteiger partial charge on any atom is 0.410 e. The molecule has 0 saturated carbocycles. The first-order valence-corrected chi connectivity index (χ1v) is 8.68. The minimum atomic E-state index is -4.49. The van der Waals surface area contributed by atoms with Crippen molar-refractivity contribution in [3.8, 4) is 5.75 Å². The topological polar surface area (TPSA) is 68.2 Å². The Morgan fingerprint density at radius 3 is 2.89 bits per heavy atom. The van der Waals surface area contributed by atoms with E-state index < -0.39 is 24.2 Å². The number of carbonyl (C=O) groups excluding carboxylic acids is 1. The van der Waals surface area contributed by atoms with Gasteiger partial charge >= 0.3 is 6.18 Å². The summed E-state index contributed by atoms with van der Waals surface area (Å²) in [4.78, 5) is 12.3. The Morgan fingerprint density at radius 2 is 2.22 bits per heavy atom. The van der Waals surface area contributed by atoms with Crippen LogP contribution in [0.25, 0.3) is 0 Å². The molecule has 1 amide bonds. The number of hydrogen-bond acceptors (Lipinski definition) is 4. The van der Waals surface area contributed by atoms with Gasteiger partial charge in [0.25, 0.3) is 5.91 Å². The molecule has 2 N–H and O–H groups in total. The third kappa shape index (κ3) is 3.86. The summed E-state index contributed by atoms with van der Waals surface area (Å²) >= 11 is 0. The van der Waals surface area contributed by atoms with Gasteiger partial charge in [-0.25, -0.2) is 4.68 Å². The largest absolute Gasteiger partial charge is 0.497 e. The molecule has 0 spiro atoms. The maximum atomic E-state index is 13.7. The lowest BCUT2D eigenvalue weighted by Crippen LogP contribution is -2.36. The summed E-state index contributed by atoms with van der Waals surface area (Å²) in [6, 6.07) is 4.41. The lowest BCUT2D eigenvalue weighted by Gasteiger charge is -2.34. The Labute approximate surface area is 154 Å². The summed E-state index contributed by atoms with van der Waals surface area (Å²) in [5.74, 6) is 0.181. The number of fused-ring (bicyclic) bond motifs is 1. The fourth-order valence-electron chi connectivity index (χ4n) is 3.14. The third-order valence-electron chi connectivity index (χ3n) is 4.51. The van der Waals surface area contributed by atoms with E-state index in [1.165, 1.54) is 13.3 Å². The minimum absolute atomic E-state index is 0.0741. The number of nitrogens with one attached hydrogen (secondary N) is 2. The summed E-state index contributed by atoms with van der Waals surface area (Å²) in [5, 5.41) is 9.58. The van der Waals surface area contributed by atoms with Crippen LogP contribution in [0.3, 0.4) is 0 Å². The number of carbonyl (C=O) groups is 1. The van der Waals surface area contributed by atoms with Crippen molar-refractivity contribution in [2.75, 3.05) is 19.0 Å². The zero-order valence-corrected chi connectivity index (χ0v) is 15.0. The van der Waals surface area contributed by atoms with Gasteiger partial charge in [0.15, 0.2) is 6.04 Å². The van der Waals surface area contributed by atoms with Crippen molar-refractivity contribution in [2.45, 2.75) is 38.0 Å². The van der Waals surface area contributed by atoms with Gasteiger partial charge in [-0.2, -0.15) is 18.3 Å². The predicted octanol–water partition coefficient (Wildman–Crippen LogP) is 3.69. The molecule has 0 bridgehead atoms. The number of benzene rings is 1. The van der Waals surface area contributed by atoms with Crippen LogP contribution in [0.2, 0.25) is 0 Å². The fraction of sp³-hybridized carbons (Fsp3) is 0.444. The van der Waals surface area contributed by atoms with Gasteiger partial charge in [-0.15, -0.1) is 0 Å². The van der Waals surface area contributed by atoms with E-state index in [9.17, 15) is 18.0 Å². The maximum absolute atomic E-state index is 13.7. The van der Waals surface area contributed by atoms with Crippen LogP contribution in [0, 0.1) is 0 Å². The third-order valence-corrected chi connectivity index (χ3v) is 4.51. The van der Waals surface area contributed by atoms with E-state index in [4.69, 9.17) is 4.74 Å². The van der Waals surface area contributed by atoms with Gasteiger partial charge in [0.2, 0.25) is 0 Å². The molecule has 0 unspecified atom stereocenters. The summed E-state index contributed by atoms with van der Waals surface area (Å²) in [7, 11) is 1.50. The highest BCUT2D eigenvalue weighted by Gasteiger charge is 2.47. The highest BCUT2D eigenvalue weighted by Crippen LogP contribution is 2.44. The number of anilines is 1. The first kappa shape index (κ1) is 19.1. The smallest absolute Gasteiger partial charge is 0.410 e. The number of aromatic nitrogens is 2. The molecule has 0 saturated heterocycles. The number of halogens is 3. The quantitative estimate of drug-likeness (QED) is 0.828. The molecule has 1 aliphatic heterocycles. The molecule has 146 valence electrons. The molecule has 0 fully saturated rings. The number of amides is 1. The number of alkyl halides is 3. The number of hydrogen-bond donors (Lipinski definition) is 2. The minimum Gasteiger partial charge on any atom is -0.497 e. The molecule has 0 aliphatic carbocycles. The Balaban J connectivity index is 1.99. The number of rotatable bonds is 5. The molecular weight excluding hydrogens is 361 g/mol. The van der Waals surface area contributed by atoms with Gasteiger partial charge in [0.05, 0.1) is 19.3 Å². The first-order valence-electron chi connectivity index (χ1n) is 8.68. The second kappa shape index (κ2) is 7.50. The van der Waals surface area contributed by atoms with Gasteiger partial charge in [-0.05, 0) is 24.1 Å². The Kier molecular flexibility index (Phi) is 5.29. The lowest BCUT2D eigenvalue weighted by atomic mass is 9.96. The van der Waals surface area contributed by atoms with E-state index >= 15 is 0 Å². The second-order valence-corrected chi connectivity index (χ2v) is 6.37. The van der Waals surface area contributed by atoms with Crippen LogP contribution in [0.5, 0.6) is 5.75 Å². The van der Waals surface area contributed by atoms with Crippen LogP contribution in [0.1, 0.15) is 47.8 Å². The van der Waals surface area contributed by atoms with Crippen molar-refractivity contribution < 1.29 is 22.7 Å². The van der Waals surface area contributed by atoms with Crippen LogP contribution in [0.4, 0.5) is 19.0 Å². The number of ether oxygens (including phenoxy) is 1. The highest BCUT2D eigenvalue weighted by molar-refractivity contribution is 5.98. The summed E-state index contributed by atoms with van der Waals surface area (Å²) in [6.45, 7) is 2.33. The molecule has 1 aromatic heterocycles. The van der Waals surface area contributed by atoms with Crippen LogP contribution in [0.15, 0.2) is 30.5 Å². The average molecular weight is 382 g/mol. The van der Waals surface area contributed by atoms with Crippen molar-refractivity contribution in [1.82, 2.24) is 15.1 Å². The molecule has 1 aromatic carbocycles. The van der Waals surface area contributed by atoms with Crippen LogP contribution >= 0.6 is 0 Å². The molecule has 3 rings (SSSR count). The Morgan fingerprint density at radius 1 is 1.44 bits per heavy atom. The van der Waals surface area contributed by atoms with Gasteiger partial charge in [0, 0.05) is 13.0 Å². The molecule has 27 heavy (non-hydrogen) atoms. The fourth-order valence-corrected chi connectivity index (χ4v) is 3.14. The molecule has 2 aromatic rings. The summed E-state index contributed by atoms with van der Waals surface area (Å²) in [6.07, 6.45) is -2.82. The van der Waals surface area contributed by atoms with Crippen molar-refractivity contribution in [1.29, 1.82) is 0 Å². The standard InChI is InChI=1S/C18H21F3N4O2/c1-3-7-22-17(26)13-10-23-25-15(18(19,20)21)9-14(24-16(13)25)11-5-4-6-12(8-11)27-2/h4-6,8,10,14-15,24H,3,7,9H2,1-2H3,(H,22,26)/t14-,15+/m1/s1. The molecule has 2 heterocycles. The number of methoxy groups -OCH3 is 1. The van der Waals surface area contributed by atoms with Crippen molar-refractivity contribution in [2.24, 2.45) is 0 Å². The molecular formula is C18H21F3N4O2. The van der Waals surface area contributed by atoms with E-state index in [1.807, 2.05) is 6.92 Å². The van der Waals surface area contributed by atoms with Gasteiger partial charge in [-0.1, -0.05) is 19.1 Å². The van der Waals surface area contributed by atoms with Crippen molar-refractivity contribution >= 4 is 11.7 Å². The Hall–Kier alpha value is -2.71. The molecule has 1 aliphatic rings. The molecule has 9 heteroatoms. The van der Waals surface area contributed by atoms with Gasteiger partial charge in [0.1, 0.15) is 17.1 Å². The predicted molar refractivity (Wildman–Crippen MR) is 93.9 cm³/mol. The summed E-state index contributed by atoms with van der Waals surface area (Å²) in [5.41, 5.74) is 0.751. The van der Waals surface area contributed by atoms with Crippen molar-refractivity contribution in [3.05, 3.63) is 41.6 Å². The van der Waals surface area contributed by atoms with E-state index in [-0.39, 0.29) is 17.8 Å². The average Bonchev–Trinajstić information content (AvgIpc) is 3.08. The normalized spacial score (nSPS) is 19.1. The molecule has 2 atom stereocenters. The van der Waals surface area contributed by atoms with E-state index in [1.54, 1.807) is 24.3 Å². The highest BCUT2D eigenvalue weighted by atomic mass is 19.4. The van der Waals surface area contributed by atoms with Crippen molar-refractivity contribution in [3.63, 3.8) is 0 Å². The zero-order chi connectivity index (χ0) is 19.6. The SMILES string of the molecule is CCCNC(=O)c1cnn2c1N[C@@H](c1cccc(OC)c1)C[C@H]2C(F)(F)F. The summed E-state index contributed by atoms with van der Waals surface area (Å²) < 4.78 is 47.0.